The molecular formula is C12H11N5O2. The van der Waals surface area contributed by atoms with Crippen molar-refractivity contribution < 1.29 is 9.32 Å². The normalized spacial score (nSPS) is 10.7. The van der Waals surface area contributed by atoms with Crippen molar-refractivity contribution in [1.82, 2.24) is 25.7 Å². The van der Waals surface area contributed by atoms with E-state index in [1.807, 2.05) is 24.3 Å². The van der Waals surface area contributed by atoms with Gasteiger partial charge in [0.25, 0.3) is 5.91 Å². The van der Waals surface area contributed by atoms with Gasteiger partial charge in [0.1, 0.15) is 0 Å². The summed E-state index contributed by atoms with van der Waals surface area (Å²) in [6.45, 7) is 0.419. The van der Waals surface area contributed by atoms with E-state index >= 15 is 0 Å². The van der Waals surface area contributed by atoms with E-state index in [0.717, 1.165) is 10.9 Å². The number of benzene rings is 1. The first-order chi connectivity index (χ1) is 9.34. The fraction of sp³-hybridized carbons (Fsp3) is 0.167. The molecule has 96 valence electrons. The third kappa shape index (κ3) is 2.30. The molecule has 2 heterocycles. The van der Waals surface area contributed by atoms with Crippen molar-refractivity contribution in [2.24, 2.45) is 0 Å². The molecule has 0 unspecified atom stereocenters. The highest BCUT2D eigenvalue weighted by Gasteiger charge is 2.13. The Hall–Kier alpha value is -2.70. The van der Waals surface area contributed by atoms with Gasteiger partial charge >= 0.3 is 0 Å². The van der Waals surface area contributed by atoms with Crippen molar-refractivity contribution in [3.8, 4) is 0 Å². The van der Waals surface area contributed by atoms with E-state index in [9.17, 15) is 4.79 Å². The number of aromatic nitrogens is 4. The molecule has 0 spiro atoms. The molecule has 0 bridgehead atoms. The molecule has 7 heteroatoms. The molecule has 3 aromatic rings. The zero-order chi connectivity index (χ0) is 13.1. The number of nitrogens with one attached hydrogen (secondary N) is 2. The third-order valence-electron chi connectivity index (χ3n) is 2.72. The summed E-state index contributed by atoms with van der Waals surface area (Å²) in [5.41, 5.74) is 1.23. The maximum Gasteiger partial charge on any atom is 0.272 e. The van der Waals surface area contributed by atoms with E-state index in [2.05, 4.69) is 25.7 Å². The second-order valence-electron chi connectivity index (χ2n) is 3.96. The number of carbonyl (C=O) groups excluding carboxylic acids is 1. The summed E-state index contributed by atoms with van der Waals surface area (Å²) in [7, 11) is 0. The number of H-pyrrole nitrogens is 1. The van der Waals surface area contributed by atoms with Gasteiger partial charge in [-0.05, 0) is 6.07 Å². The number of hydrogen-bond donors (Lipinski definition) is 2. The first-order valence-corrected chi connectivity index (χ1v) is 5.81. The van der Waals surface area contributed by atoms with Gasteiger partial charge < -0.3 is 9.84 Å². The Balaban J connectivity index is 1.67. The van der Waals surface area contributed by atoms with Crippen LogP contribution in [0.4, 0.5) is 0 Å². The molecule has 0 atom stereocenters. The highest BCUT2D eigenvalue weighted by Crippen LogP contribution is 2.14. The number of carbonyl (C=O) groups is 1. The summed E-state index contributed by atoms with van der Waals surface area (Å²) in [6, 6.07) is 7.48. The molecule has 0 radical (unpaired) electrons. The maximum absolute atomic E-state index is 12.0. The minimum Gasteiger partial charge on any atom is -0.350 e. The highest BCUT2D eigenvalue weighted by molar-refractivity contribution is 6.04. The first kappa shape index (κ1) is 11.4. The van der Waals surface area contributed by atoms with Gasteiger partial charge in [-0.25, -0.2) is 0 Å². The molecule has 2 N–H and O–H groups in total. The Bertz CT molecular complexity index is 689. The van der Waals surface area contributed by atoms with Crippen molar-refractivity contribution in [2.45, 2.75) is 6.42 Å². The molecule has 1 amide bonds. The number of para-hydroxylation sites is 1. The number of fused-ring (bicyclic) bond motifs is 1. The van der Waals surface area contributed by atoms with Crippen LogP contribution in [-0.4, -0.2) is 32.8 Å². The summed E-state index contributed by atoms with van der Waals surface area (Å²) in [5.74, 6) is 0.268. The van der Waals surface area contributed by atoms with Gasteiger partial charge in [-0.3, -0.25) is 9.89 Å². The molecule has 0 saturated heterocycles. The van der Waals surface area contributed by atoms with Gasteiger partial charge in [-0.1, -0.05) is 23.4 Å². The van der Waals surface area contributed by atoms with Gasteiger partial charge in [-0.2, -0.15) is 10.1 Å². The Labute approximate surface area is 108 Å². The molecule has 1 aromatic carbocycles. The summed E-state index contributed by atoms with van der Waals surface area (Å²) in [4.78, 5) is 15.9. The lowest BCUT2D eigenvalue weighted by Crippen LogP contribution is -2.26. The zero-order valence-corrected chi connectivity index (χ0v) is 9.96. The van der Waals surface area contributed by atoms with Crippen LogP contribution in [0, 0.1) is 0 Å². The average molecular weight is 257 g/mol. The van der Waals surface area contributed by atoms with Crippen molar-refractivity contribution in [3.63, 3.8) is 0 Å². The average Bonchev–Trinajstić information content (AvgIpc) is 3.07. The second kappa shape index (κ2) is 4.89. The van der Waals surface area contributed by atoms with Gasteiger partial charge in [-0.15, -0.1) is 0 Å². The van der Waals surface area contributed by atoms with Crippen LogP contribution in [0.5, 0.6) is 0 Å². The Morgan fingerprint density at radius 2 is 2.26 bits per heavy atom. The number of nitrogens with zero attached hydrogens (tertiary/aromatic N) is 3. The largest absolute Gasteiger partial charge is 0.350 e. The van der Waals surface area contributed by atoms with Crippen molar-refractivity contribution in [3.05, 3.63) is 42.2 Å². The Morgan fingerprint density at radius 1 is 1.37 bits per heavy atom. The molecule has 0 aliphatic carbocycles. The van der Waals surface area contributed by atoms with Crippen LogP contribution in [-0.2, 0) is 6.42 Å². The van der Waals surface area contributed by atoms with Crippen molar-refractivity contribution in [2.75, 3.05) is 6.54 Å². The summed E-state index contributed by atoms with van der Waals surface area (Å²) >= 11 is 0. The molecule has 3 rings (SSSR count). The lowest BCUT2D eigenvalue weighted by Gasteiger charge is -2.00. The number of hydrogen-bond acceptors (Lipinski definition) is 5. The third-order valence-corrected chi connectivity index (χ3v) is 2.72. The monoisotopic (exact) mass is 257 g/mol. The van der Waals surface area contributed by atoms with Gasteiger partial charge in [0.15, 0.2) is 12.0 Å². The van der Waals surface area contributed by atoms with Crippen LogP contribution in [0.1, 0.15) is 16.4 Å². The molecule has 2 aromatic heterocycles. The topological polar surface area (TPSA) is 96.7 Å². The second-order valence-corrected chi connectivity index (χ2v) is 3.96. The number of rotatable bonds is 4. The molecule has 0 fully saturated rings. The van der Waals surface area contributed by atoms with E-state index < -0.39 is 0 Å². The molecule has 7 nitrogen and oxygen atoms in total. The van der Waals surface area contributed by atoms with Gasteiger partial charge in [0.05, 0.1) is 5.52 Å². The van der Waals surface area contributed by atoms with E-state index in [0.29, 0.717) is 24.6 Å². The Kier molecular flexibility index (Phi) is 2.93. The quantitative estimate of drug-likeness (QED) is 0.724. The lowest BCUT2D eigenvalue weighted by molar-refractivity contribution is 0.0950. The summed E-state index contributed by atoms with van der Waals surface area (Å²) in [6.07, 6.45) is 1.83. The molecule has 0 aliphatic rings. The lowest BCUT2D eigenvalue weighted by atomic mass is 10.2. The SMILES string of the molecule is O=C(NCCc1ncno1)c1n[nH]c2ccccc12. The summed E-state index contributed by atoms with van der Waals surface area (Å²) in [5, 5.41) is 13.9. The fourth-order valence-corrected chi connectivity index (χ4v) is 1.81. The zero-order valence-electron chi connectivity index (χ0n) is 9.96. The molecule has 0 saturated carbocycles. The van der Waals surface area contributed by atoms with Crippen molar-refractivity contribution in [1.29, 1.82) is 0 Å². The van der Waals surface area contributed by atoms with Crippen LogP contribution in [0.15, 0.2) is 35.1 Å². The predicted octanol–water partition coefficient (Wildman–Crippen LogP) is 0.918. The van der Waals surface area contributed by atoms with Crippen LogP contribution >= 0.6 is 0 Å². The standard InChI is InChI=1S/C12H11N5O2/c18-12(13-6-5-10-14-7-15-19-10)11-8-3-1-2-4-9(8)16-17-11/h1-4,7H,5-6H2,(H,13,18)(H,16,17). The fourth-order valence-electron chi connectivity index (χ4n) is 1.81. The van der Waals surface area contributed by atoms with Gasteiger partial charge in [0, 0.05) is 18.4 Å². The maximum atomic E-state index is 12.0. The first-order valence-electron chi connectivity index (χ1n) is 5.81. The number of aromatic amines is 1. The number of amides is 1. The highest BCUT2D eigenvalue weighted by atomic mass is 16.5. The van der Waals surface area contributed by atoms with Crippen LogP contribution in [0.3, 0.4) is 0 Å². The van der Waals surface area contributed by atoms with Gasteiger partial charge in [0.2, 0.25) is 5.89 Å². The smallest absolute Gasteiger partial charge is 0.272 e. The minimum absolute atomic E-state index is 0.225. The van der Waals surface area contributed by atoms with Crippen molar-refractivity contribution >= 4 is 16.8 Å². The van der Waals surface area contributed by atoms with E-state index in [1.165, 1.54) is 6.33 Å². The minimum atomic E-state index is -0.225. The predicted molar refractivity (Wildman–Crippen MR) is 66.4 cm³/mol. The van der Waals surface area contributed by atoms with Crippen LogP contribution in [0.2, 0.25) is 0 Å². The van der Waals surface area contributed by atoms with Crippen LogP contribution in [0.25, 0.3) is 10.9 Å². The van der Waals surface area contributed by atoms with E-state index in [1.54, 1.807) is 0 Å². The summed E-state index contributed by atoms with van der Waals surface area (Å²) < 4.78 is 4.84. The molecular weight excluding hydrogens is 246 g/mol. The molecule has 0 aliphatic heterocycles. The van der Waals surface area contributed by atoms with Crippen LogP contribution < -0.4 is 5.32 Å². The molecule has 19 heavy (non-hydrogen) atoms. The van der Waals surface area contributed by atoms with E-state index in [-0.39, 0.29) is 5.91 Å². The van der Waals surface area contributed by atoms with E-state index in [4.69, 9.17) is 4.52 Å². The Morgan fingerprint density at radius 3 is 3.11 bits per heavy atom.